The zero-order valence-electron chi connectivity index (χ0n) is 18.9. The predicted molar refractivity (Wildman–Crippen MR) is 115 cm³/mol. The molecule has 3 atom stereocenters. The zero-order valence-corrected chi connectivity index (χ0v) is 18.9. The molecule has 0 radical (unpaired) electrons. The largest absolute Gasteiger partial charge is 0.467 e. The summed E-state index contributed by atoms with van der Waals surface area (Å²) in [6.45, 7) is 11.6. The lowest BCUT2D eigenvalue weighted by Gasteiger charge is -2.33. The molecule has 0 aromatic heterocycles. The van der Waals surface area contributed by atoms with Gasteiger partial charge in [-0.05, 0) is 44.8 Å². The van der Waals surface area contributed by atoms with Gasteiger partial charge in [-0.1, -0.05) is 32.9 Å². The van der Waals surface area contributed by atoms with Gasteiger partial charge in [0.15, 0.2) is 0 Å². The summed E-state index contributed by atoms with van der Waals surface area (Å²) in [5, 5.41) is 5.82. The lowest BCUT2D eigenvalue weighted by atomic mass is 9.99. The Hall–Kier alpha value is -2.35. The molecule has 2 heterocycles. The van der Waals surface area contributed by atoms with E-state index in [9.17, 15) is 14.4 Å². The molecule has 3 unspecified atom stereocenters. The maximum Gasteiger partial charge on any atom is 0.330 e. The number of ether oxygens (including phenoxy) is 1. The van der Waals surface area contributed by atoms with Gasteiger partial charge in [-0.2, -0.15) is 0 Å². The quantitative estimate of drug-likeness (QED) is 0.329. The average molecular weight is 421 g/mol. The van der Waals surface area contributed by atoms with Gasteiger partial charge in [0.1, 0.15) is 12.1 Å². The molecule has 2 rings (SSSR count). The van der Waals surface area contributed by atoms with Crippen LogP contribution in [0.25, 0.3) is 0 Å². The van der Waals surface area contributed by atoms with E-state index in [2.05, 4.69) is 22.1 Å². The molecule has 2 fully saturated rings. The fourth-order valence-electron chi connectivity index (χ4n) is 3.73. The van der Waals surface area contributed by atoms with E-state index in [1.807, 2.05) is 38.8 Å². The van der Waals surface area contributed by atoms with Crippen LogP contribution in [0.15, 0.2) is 23.9 Å². The van der Waals surface area contributed by atoms with Crippen molar-refractivity contribution in [1.82, 2.24) is 20.4 Å². The summed E-state index contributed by atoms with van der Waals surface area (Å²) in [6, 6.07) is -1.02. The van der Waals surface area contributed by atoms with Gasteiger partial charge in [0.05, 0.1) is 19.7 Å². The lowest BCUT2D eigenvalue weighted by Crippen LogP contribution is -2.55. The van der Waals surface area contributed by atoms with E-state index in [4.69, 9.17) is 4.74 Å². The van der Waals surface area contributed by atoms with Gasteiger partial charge < -0.3 is 20.3 Å². The molecule has 8 heteroatoms. The highest BCUT2D eigenvalue weighted by Gasteiger charge is 2.42. The van der Waals surface area contributed by atoms with Gasteiger partial charge in [-0.15, -0.1) is 0 Å². The molecule has 2 amide bonds. The molecule has 2 N–H and O–H groups in total. The Morgan fingerprint density at radius 1 is 1.23 bits per heavy atom. The first-order valence-corrected chi connectivity index (χ1v) is 10.7. The van der Waals surface area contributed by atoms with Crippen molar-refractivity contribution in [1.29, 1.82) is 0 Å². The number of nitrogens with zero attached hydrogens (tertiary/aromatic N) is 2. The number of esters is 1. The first-order valence-electron chi connectivity index (χ1n) is 10.7. The van der Waals surface area contributed by atoms with E-state index in [1.165, 1.54) is 7.11 Å². The van der Waals surface area contributed by atoms with Crippen molar-refractivity contribution in [3.05, 3.63) is 23.9 Å². The maximum atomic E-state index is 12.7. The minimum absolute atomic E-state index is 0.0266. The molecule has 0 aromatic carbocycles. The number of allylic oxidation sites excluding steroid dienone is 1. The third kappa shape index (κ3) is 6.08. The Morgan fingerprint density at radius 2 is 1.93 bits per heavy atom. The number of carbonyl (C=O) groups is 3. The summed E-state index contributed by atoms with van der Waals surface area (Å²) in [6.07, 6.45) is 4.81. The van der Waals surface area contributed by atoms with Gasteiger partial charge in [0, 0.05) is 12.2 Å². The minimum Gasteiger partial charge on any atom is -0.467 e. The van der Waals surface area contributed by atoms with Crippen LogP contribution in [-0.2, 0) is 19.1 Å². The van der Waals surface area contributed by atoms with Gasteiger partial charge in [-0.25, -0.2) is 4.79 Å². The van der Waals surface area contributed by atoms with Crippen LogP contribution in [0.4, 0.5) is 0 Å². The normalized spacial score (nSPS) is 23.0. The van der Waals surface area contributed by atoms with Gasteiger partial charge in [0.2, 0.25) is 11.8 Å². The summed E-state index contributed by atoms with van der Waals surface area (Å²) in [7, 11) is 3.32. The highest BCUT2D eigenvalue weighted by molar-refractivity contribution is 5.90. The highest BCUT2D eigenvalue weighted by Crippen LogP contribution is 2.28. The first-order chi connectivity index (χ1) is 14.2. The van der Waals surface area contributed by atoms with E-state index in [-0.39, 0.29) is 35.8 Å². The van der Waals surface area contributed by atoms with Crippen molar-refractivity contribution in [2.24, 2.45) is 5.92 Å². The van der Waals surface area contributed by atoms with Crippen LogP contribution in [0.5, 0.6) is 0 Å². The third-order valence-corrected chi connectivity index (χ3v) is 5.89. The number of likely N-dealkylation sites (N-methyl/N-ethyl adjacent to an activating group) is 1. The van der Waals surface area contributed by atoms with Crippen LogP contribution in [0, 0.1) is 5.92 Å². The van der Waals surface area contributed by atoms with E-state index in [0.29, 0.717) is 13.1 Å². The molecule has 168 valence electrons. The van der Waals surface area contributed by atoms with E-state index >= 15 is 0 Å². The Kier molecular flexibility index (Phi) is 8.46. The number of amides is 2. The van der Waals surface area contributed by atoms with Crippen molar-refractivity contribution >= 4 is 17.8 Å². The summed E-state index contributed by atoms with van der Waals surface area (Å²) >= 11 is 0. The van der Waals surface area contributed by atoms with Crippen LogP contribution in [0.3, 0.4) is 0 Å². The molecule has 0 aliphatic carbocycles. The van der Waals surface area contributed by atoms with E-state index < -0.39 is 6.04 Å². The zero-order chi connectivity index (χ0) is 22.4. The second-order valence-electron chi connectivity index (χ2n) is 8.49. The molecule has 2 aliphatic rings. The third-order valence-electron chi connectivity index (χ3n) is 5.89. The summed E-state index contributed by atoms with van der Waals surface area (Å²) in [5.41, 5.74) is 1.63. The second kappa shape index (κ2) is 10.6. The van der Waals surface area contributed by atoms with Crippen LogP contribution in [0.1, 0.15) is 40.0 Å². The smallest absolute Gasteiger partial charge is 0.330 e. The molecular weight excluding hydrogens is 384 g/mol. The first kappa shape index (κ1) is 23.9. The summed E-state index contributed by atoms with van der Waals surface area (Å²) < 4.78 is 4.74. The number of carbonyl (C=O) groups excluding carboxylic acids is 3. The molecule has 2 aliphatic heterocycles. The predicted octanol–water partition coefficient (Wildman–Crippen LogP) is 1.04. The van der Waals surface area contributed by atoms with E-state index in [1.54, 1.807) is 0 Å². The Labute approximate surface area is 179 Å². The van der Waals surface area contributed by atoms with Gasteiger partial charge >= 0.3 is 5.97 Å². The highest BCUT2D eigenvalue weighted by atomic mass is 16.5. The molecule has 0 saturated carbocycles. The number of hydrogen-bond acceptors (Lipinski definition) is 6. The van der Waals surface area contributed by atoms with Crippen LogP contribution in [-0.4, -0.2) is 79.5 Å². The number of piperidine rings is 1. The van der Waals surface area contributed by atoms with Crippen molar-refractivity contribution < 1.29 is 19.1 Å². The fraction of sp³-hybridized carbons (Fsp3) is 0.682. The number of hydrogen-bond donors (Lipinski definition) is 2. The van der Waals surface area contributed by atoms with Crippen molar-refractivity contribution in [3.8, 4) is 0 Å². The molecule has 2 saturated heterocycles. The summed E-state index contributed by atoms with van der Waals surface area (Å²) in [4.78, 5) is 40.9. The average Bonchev–Trinajstić information content (AvgIpc) is 3.51. The number of nitrogens with one attached hydrogen (secondary N) is 2. The van der Waals surface area contributed by atoms with Crippen molar-refractivity contribution in [2.45, 2.75) is 58.2 Å². The van der Waals surface area contributed by atoms with E-state index in [0.717, 1.165) is 37.1 Å². The Balaban J connectivity index is 1.86. The Bertz CT molecular complexity index is 703. The summed E-state index contributed by atoms with van der Waals surface area (Å²) in [5.74, 6) is -0.579. The molecule has 0 bridgehead atoms. The number of methoxy groups -OCH3 is 1. The van der Waals surface area contributed by atoms with Crippen LogP contribution < -0.4 is 10.6 Å². The number of likely N-dealkylation sites (tertiary alicyclic amines) is 1. The van der Waals surface area contributed by atoms with Crippen molar-refractivity contribution in [2.75, 3.05) is 33.8 Å². The number of rotatable bonds is 9. The molecular formula is C22H36N4O4. The topological polar surface area (TPSA) is 90.8 Å². The minimum atomic E-state index is -0.583. The molecule has 30 heavy (non-hydrogen) atoms. The lowest BCUT2D eigenvalue weighted by molar-refractivity contribution is -0.140. The van der Waals surface area contributed by atoms with Crippen molar-refractivity contribution in [3.63, 3.8) is 0 Å². The van der Waals surface area contributed by atoms with Crippen LogP contribution >= 0.6 is 0 Å². The second-order valence-corrected chi connectivity index (χ2v) is 8.49. The standard InChI is InChI=1S/C22H36N4O4/c1-14(2)19(24-20(27)17-9-7-8-12-25(17)5)21(28)23-11-10-15(3)16(4)26-13-18(26)22(29)30-6/h10,14,17-19H,4,7-9,11-13H2,1-3,5-6H3,(H,23,28)(H,24,27)/b15-10+. The monoisotopic (exact) mass is 420 g/mol. The fourth-order valence-corrected chi connectivity index (χ4v) is 3.73. The SMILES string of the molecule is C=C(/C(C)=C/CNC(=O)C(NC(=O)C1CCCCN1C)C(C)C)N1CC1C(=O)OC. The van der Waals surface area contributed by atoms with Crippen LogP contribution in [0.2, 0.25) is 0 Å². The van der Waals surface area contributed by atoms with Gasteiger partial charge in [-0.3, -0.25) is 14.5 Å². The molecule has 8 nitrogen and oxygen atoms in total. The molecule has 0 aromatic rings. The van der Waals surface area contributed by atoms with Gasteiger partial charge in [0.25, 0.3) is 0 Å². The molecule has 0 spiro atoms. The Morgan fingerprint density at radius 3 is 2.53 bits per heavy atom. The maximum absolute atomic E-state index is 12.7.